The highest BCUT2D eigenvalue weighted by atomic mass is 16.1. The van der Waals surface area contributed by atoms with E-state index in [0.29, 0.717) is 0 Å². The molecule has 0 aromatic carbocycles. The highest BCUT2D eigenvalue weighted by Gasteiger charge is 1.73. The van der Waals surface area contributed by atoms with Crippen molar-refractivity contribution >= 4 is 6.29 Å². The summed E-state index contributed by atoms with van der Waals surface area (Å²) in [5, 5.41) is 0. The van der Waals surface area contributed by atoms with E-state index in [1.807, 2.05) is 26.0 Å². The van der Waals surface area contributed by atoms with Crippen molar-refractivity contribution in [3.05, 3.63) is 23.8 Å². The predicted molar refractivity (Wildman–Crippen MR) is 34.6 cm³/mol. The Kier molecular flexibility index (Phi) is 3.85. The van der Waals surface area contributed by atoms with Crippen molar-refractivity contribution in [3.8, 4) is 0 Å². The van der Waals surface area contributed by atoms with Gasteiger partial charge in [0.2, 0.25) is 0 Å². The van der Waals surface area contributed by atoms with Crippen LogP contribution in [-0.2, 0) is 4.79 Å². The maximum Gasteiger partial charge on any atom is 0.143 e. The quantitative estimate of drug-likeness (QED) is 0.300. The second kappa shape index (κ2) is 4.31. The lowest BCUT2D eigenvalue weighted by Crippen LogP contribution is -1.67. The molecule has 0 atom stereocenters. The normalized spacial score (nSPS) is 12.5. The summed E-state index contributed by atoms with van der Waals surface area (Å²) in [6, 6.07) is 0. The van der Waals surface area contributed by atoms with Gasteiger partial charge in [0.15, 0.2) is 0 Å². The van der Waals surface area contributed by atoms with Gasteiger partial charge in [0.25, 0.3) is 0 Å². The van der Waals surface area contributed by atoms with Gasteiger partial charge in [0, 0.05) is 0 Å². The second-order valence-electron chi connectivity index (χ2n) is 1.55. The topological polar surface area (TPSA) is 17.1 Å². The molecule has 0 radical (unpaired) electrons. The molecule has 0 N–H and O–H groups in total. The van der Waals surface area contributed by atoms with Crippen LogP contribution in [0.25, 0.3) is 0 Å². The van der Waals surface area contributed by atoms with E-state index in [1.165, 1.54) is 6.08 Å². The highest BCUT2D eigenvalue weighted by Crippen LogP contribution is 1.90. The van der Waals surface area contributed by atoms with E-state index in [4.69, 9.17) is 0 Å². The third kappa shape index (κ3) is 3.34. The molecule has 0 aliphatic rings. The zero-order chi connectivity index (χ0) is 6.41. The summed E-state index contributed by atoms with van der Waals surface area (Å²) < 4.78 is 0. The van der Waals surface area contributed by atoms with E-state index < -0.39 is 0 Å². The van der Waals surface area contributed by atoms with E-state index in [1.54, 1.807) is 0 Å². The average molecular weight is 110 g/mol. The van der Waals surface area contributed by atoms with Gasteiger partial charge in [-0.2, -0.15) is 0 Å². The lowest BCUT2D eigenvalue weighted by molar-refractivity contribution is -0.104. The number of allylic oxidation sites excluding steroid dienone is 4. The Hall–Kier alpha value is -0.850. The fourth-order valence-electron chi connectivity index (χ4n) is 0.426. The number of carbonyl (C=O) groups is 1. The van der Waals surface area contributed by atoms with Crippen molar-refractivity contribution in [2.45, 2.75) is 13.8 Å². The predicted octanol–water partition coefficient (Wildman–Crippen LogP) is 1.71. The maximum atomic E-state index is 9.78. The van der Waals surface area contributed by atoms with Crippen molar-refractivity contribution in [3.63, 3.8) is 0 Å². The van der Waals surface area contributed by atoms with Crippen molar-refractivity contribution < 1.29 is 4.79 Å². The fraction of sp³-hybridized carbons (Fsp3) is 0.286. The molecular weight excluding hydrogens is 100 g/mol. The molecule has 0 saturated heterocycles. The Morgan fingerprint density at radius 1 is 1.50 bits per heavy atom. The van der Waals surface area contributed by atoms with Crippen molar-refractivity contribution in [1.29, 1.82) is 0 Å². The number of hydrogen-bond acceptors (Lipinski definition) is 1. The van der Waals surface area contributed by atoms with Gasteiger partial charge in [0.1, 0.15) is 6.29 Å². The molecule has 1 heteroatoms. The van der Waals surface area contributed by atoms with Gasteiger partial charge in [-0.25, -0.2) is 0 Å². The molecule has 0 rings (SSSR count). The third-order valence-corrected chi connectivity index (χ3v) is 0.760. The molecule has 0 bridgehead atoms. The van der Waals surface area contributed by atoms with E-state index >= 15 is 0 Å². The molecule has 0 spiro atoms. The molecule has 0 aromatic heterocycles. The first kappa shape index (κ1) is 7.15. The second-order valence-corrected chi connectivity index (χ2v) is 1.55. The summed E-state index contributed by atoms with van der Waals surface area (Å²) in [7, 11) is 0. The van der Waals surface area contributed by atoms with E-state index in [9.17, 15) is 4.79 Å². The summed E-state index contributed by atoms with van der Waals surface area (Å²) in [4.78, 5) is 9.78. The van der Waals surface area contributed by atoms with Crippen LogP contribution in [-0.4, -0.2) is 6.29 Å². The van der Waals surface area contributed by atoms with Crippen LogP contribution in [0.2, 0.25) is 0 Å². The van der Waals surface area contributed by atoms with Gasteiger partial charge >= 0.3 is 0 Å². The van der Waals surface area contributed by atoms with Crippen LogP contribution in [0.4, 0.5) is 0 Å². The van der Waals surface area contributed by atoms with Crippen LogP contribution in [0.5, 0.6) is 0 Å². The Morgan fingerprint density at radius 2 is 2.12 bits per heavy atom. The standard InChI is InChI=1S/C7H10O/c1-3-4-7(2)5-6-8/h3-6H,1-2H3/b4-3?,7-5-. The third-order valence-electron chi connectivity index (χ3n) is 0.760. The number of hydrogen-bond donors (Lipinski definition) is 0. The Labute approximate surface area is 49.7 Å². The largest absolute Gasteiger partial charge is 0.299 e. The van der Waals surface area contributed by atoms with E-state index in [0.717, 1.165) is 11.9 Å². The van der Waals surface area contributed by atoms with Gasteiger partial charge in [-0.3, -0.25) is 4.79 Å². The van der Waals surface area contributed by atoms with Gasteiger partial charge in [-0.05, 0) is 25.5 Å². The maximum absolute atomic E-state index is 9.78. The zero-order valence-electron chi connectivity index (χ0n) is 5.22. The number of carbonyl (C=O) groups excluding carboxylic acids is 1. The number of aldehydes is 1. The van der Waals surface area contributed by atoms with Gasteiger partial charge in [0.05, 0.1) is 0 Å². The highest BCUT2D eigenvalue weighted by molar-refractivity contribution is 5.66. The lowest BCUT2D eigenvalue weighted by atomic mass is 10.3. The minimum Gasteiger partial charge on any atom is -0.299 e. The van der Waals surface area contributed by atoms with Crippen molar-refractivity contribution in [1.82, 2.24) is 0 Å². The summed E-state index contributed by atoms with van der Waals surface area (Å²) in [6.45, 7) is 3.80. The smallest absolute Gasteiger partial charge is 0.143 e. The van der Waals surface area contributed by atoms with Crippen LogP contribution < -0.4 is 0 Å². The summed E-state index contributed by atoms with van der Waals surface area (Å²) in [6.07, 6.45) is 6.10. The molecular formula is C7H10O. The first-order chi connectivity index (χ1) is 3.81. The van der Waals surface area contributed by atoms with E-state index in [2.05, 4.69) is 0 Å². The molecule has 0 saturated carbocycles. The Morgan fingerprint density at radius 3 is 2.50 bits per heavy atom. The molecule has 1 nitrogen and oxygen atoms in total. The van der Waals surface area contributed by atoms with Crippen LogP contribution in [0.3, 0.4) is 0 Å². The molecule has 0 aliphatic heterocycles. The van der Waals surface area contributed by atoms with Gasteiger partial charge in [-0.1, -0.05) is 12.2 Å². The summed E-state index contributed by atoms with van der Waals surface area (Å²) in [5.74, 6) is 0. The molecule has 0 heterocycles. The monoisotopic (exact) mass is 110 g/mol. The van der Waals surface area contributed by atoms with Crippen LogP contribution in [0, 0.1) is 0 Å². The van der Waals surface area contributed by atoms with Crippen LogP contribution >= 0.6 is 0 Å². The molecule has 0 aromatic rings. The van der Waals surface area contributed by atoms with Crippen molar-refractivity contribution in [2.24, 2.45) is 0 Å². The Balaban J connectivity index is 3.79. The minimum absolute atomic E-state index is 0.787. The number of rotatable bonds is 2. The average Bonchev–Trinajstić information content (AvgIpc) is 1.68. The molecule has 0 amide bonds. The molecule has 8 heavy (non-hydrogen) atoms. The minimum atomic E-state index is 0.787. The zero-order valence-corrected chi connectivity index (χ0v) is 5.22. The molecule has 0 fully saturated rings. The Bertz CT molecular complexity index is 120. The van der Waals surface area contributed by atoms with Crippen molar-refractivity contribution in [2.75, 3.05) is 0 Å². The van der Waals surface area contributed by atoms with E-state index in [-0.39, 0.29) is 0 Å². The van der Waals surface area contributed by atoms with Gasteiger partial charge < -0.3 is 0 Å². The van der Waals surface area contributed by atoms with Crippen LogP contribution in [0.15, 0.2) is 23.8 Å². The van der Waals surface area contributed by atoms with Gasteiger partial charge in [-0.15, -0.1) is 0 Å². The first-order valence-corrected chi connectivity index (χ1v) is 2.56. The molecule has 44 valence electrons. The SMILES string of the molecule is CC=C/C(C)=C\C=O. The summed E-state index contributed by atoms with van der Waals surface area (Å²) >= 11 is 0. The first-order valence-electron chi connectivity index (χ1n) is 2.56. The molecule has 0 unspecified atom stereocenters. The summed E-state index contributed by atoms with van der Waals surface area (Å²) in [5.41, 5.74) is 0.988. The lowest BCUT2D eigenvalue weighted by Gasteiger charge is -1.81. The fourth-order valence-corrected chi connectivity index (χ4v) is 0.426. The molecule has 0 aliphatic carbocycles. The van der Waals surface area contributed by atoms with Crippen LogP contribution in [0.1, 0.15) is 13.8 Å².